The van der Waals surface area contributed by atoms with Crippen LogP contribution < -0.4 is 0 Å². The Morgan fingerprint density at radius 3 is 2.33 bits per heavy atom. The maximum Gasteiger partial charge on any atom is 0.426 e. The van der Waals surface area contributed by atoms with Crippen molar-refractivity contribution in [2.24, 2.45) is 5.92 Å². The number of aromatic nitrogens is 2. The van der Waals surface area contributed by atoms with E-state index in [0.717, 1.165) is 29.6 Å². The zero-order chi connectivity index (χ0) is 28.2. The van der Waals surface area contributed by atoms with E-state index in [4.69, 9.17) is 5.11 Å². The predicted molar refractivity (Wildman–Crippen MR) is 129 cm³/mol. The standard InChI is InChI=1S/C28H24F5N3O3/c1-26(30,28(31,32)33)18-6-9-21-17(10-18)4-5-19-14-36(24(37)22-12-35-23(13-34-22)25(38)39)15-27(19,21)11-16-2-7-20(29)8-3-16/h2-3,6-10,12-13,19H,4-5,11,14-15H2,1H3,(H,38,39). The Hall–Kier alpha value is -3.89. The molecule has 11 heteroatoms. The number of carboxylic acids is 1. The number of amides is 1. The summed E-state index contributed by atoms with van der Waals surface area (Å²) in [5, 5.41) is 9.06. The van der Waals surface area contributed by atoms with Gasteiger partial charge >= 0.3 is 12.1 Å². The van der Waals surface area contributed by atoms with Crippen molar-refractivity contribution in [2.75, 3.05) is 13.1 Å². The number of aryl methyl sites for hydroxylation is 1. The zero-order valence-corrected chi connectivity index (χ0v) is 20.8. The van der Waals surface area contributed by atoms with Crippen LogP contribution in [0.5, 0.6) is 0 Å². The zero-order valence-electron chi connectivity index (χ0n) is 20.8. The molecule has 1 N–H and O–H groups in total. The average molecular weight is 546 g/mol. The van der Waals surface area contributed by atoms with Crippen molar-refractivity contribution < 1.29 is 36.6 Å². The second kappa shape index (κ2) is 9.39. The summed E-state index contributed by atoms with van der Waals surface area (Å²) in [4.78, 5) is 33.8. The summed E-state index contributed by atoms with van der Waals surface area (Å²) in [6.07, 6.45) is -1.66. The SMILES string of the molecule is CC(F)(c1ccc2c(c1)CCC1CN(C(=O)c3cnc(C(=O)O)cn3)CC21Cc1ccc(F)cc1)C(F)(F)F. The number of alkyl halides is 4. The Balaban J connectivity index is 1.55. The molecule has 1 fully saturated rings. The third-order valence-electron chi connectivity index (χ3n) is 7.98. The molecule has 1 aromatic heterocycles. The normalized spacial score (nSPS) is 22.1. The van der Waals surface area contributed by atoms with Crippen molar-refractivity contribution in [3.63, 3.8) is 0 Å². The molecule has 0 spiro atoms. The molecule has 1 saturated heterocycles. The lowest BCUT2D eigenvalue weighted by Crippen LogP contribution is -2.42. The molecule has 1 aliphatic heterocycles. The highest BCUT2D eigenvalue weighted by Crippen LogP contribution is 2.51. The Labute approximate surface area is 220 Å². The number of nitrogens with zero attached hydrogens (tertiary/aromatic N) is 3. The Morgan fingerprint density at radius 1 is 1.05 bits per heavy atom. The molecule has 2 heterocycles. The van der Waals surface area contributed by atoms with Gasteiger partial charge in [-0.05, 0) is 66.5 Å². The summed E-state index contributed by atoms with van der Waals surface area (Å²) in [5.41, 5.74) is -2.98. The van der Waals surface area contributed by atoms with Crippen molar-refractivity contribution in [1.29, 1.82) is 0 Å². The molecule has 3 atom stereocenters. The second-order valence-electron chi connectivity index (χ2n) is 10.3. The van der Waals surface area contributed by atoms with Gasteiger partial charge in [-0.2, -0.15) is 13.2 Å². The average Bonchev–Trinajstić information content (AvgIpc) is 3.28. The fourth-order valence-corrected chi connectivity index (χ4v) is 5.85. The number of benzene rings is 2. The van der Waals surface area contributed by atoms with E-state index >= 15 is 0 Å². The van der Waals surface area contributed by atoms with E-state index in [1.807, 2.05) is 0 Å². The first-order chi connectivity index (χ1) is 18.3. The first-order valence-corrected chi connectivity index (χ1v) is 12.3. The highest BCUT2D eigenvalue weighted by atomic mass is 19.4. The molecule has 0 radical (unpaired) electrons. The number of likely N-dealkylation sites (tertiary alicyclic amines) is 1. The van der Waals surface area contributed by atoms with Crippen molar-refractivity contribution in [3.05, 3.63) is 94.3 Å². The van der Waals surface area contributed by atoms with Crippen molar-refractivity contribution in [2.45, 2.75) is 43.4 Å². The molecular weight excluding hydrogens is 521 g/mol. The van der Waals surface area contributed by atoms with Gasteiger partial charge in [0.15, 0.2) is 5.69 Å². The quantitative estimate of drug-likeness (QED) is 0.443. The number of hydrogen-bond donors (Lipinski definition) is 1. The van der Waals surface area contributed by atoms with Gasteiger partial charge in [0.1, 0.15) is 11.5 Å². The molecule has 2 aromatic carbocycles. The van der Waals surface area contributed by atoms with Crippen LogP contribution >= 0.6 is 0 Å². The molecule has 0 saturated carbocycles. The van der Waals surface area contributed by atoms with Gasteiger partial charge in [0.25, 0.3) is 5.91 Å². The summed E-state index contributed by atoms with van der Waals surface area (Å²) in [6.45, 7) is 1.02. The third-order valence-corrected chi connectivity index (χ3v) is 7.98. The van der Waals surface area contributed by atoms with Crippen molar-refractivity contribution in [1.82, 2.24) is 14.9 Å². The van der Waals surface area contributed by atoms with Crippen LogP contribution in [0.1, 0.15) is 56.6 Å². The second-order valence-corrected chi connectivity index (χ2v) is 10.3. The number of carbonyl (C=O) groups excluding carboxylic acids is 1. The lowest BCUT2D eigenvalue weighted by molar-refractivity contribution is -0.228. The van der Waals surface area contributed by atoms with Gasteiger partial charge in [-0.3, -0.25) is 4.79 Å². The van der Waals surface area contributed by atoms with Crippen LogP contribution in [-0.4, -0.2) is 51.1 Å². The molecule has 3 unspecified atom stereocenters. The lowest BCUT2D eigenvalue weighted by atomic mass is 9.62. The van der Waals surface area contributed by atoms with E-state index in [1.54, 1.807) is 17.0 Å². The highest BCUT2D eigenvalue weighted by Gasteiger charge is 2.55. The fourth-order valence-electron chi connectivity index (χ4n) is 5.85. The van der Waals surface area contributed by atoms with Gasteiger partial charge in [-0.15, -0.1) is 0 Å². The van der Waals surface area contributed by atoms with Crippen LogP contribution in [0.25, 0.3) is 0 Å². The van der Waals surface area contributed by atoms with E-state index in [-0.39, 0.29) is 23.9 Å². The molecular formula is C28H24F5N3O3. The van der Waals surface area contributed by atoms with Gasteiger partial charge in [0.2, 0.25) is 5.67 Å². The molecule has 39 heavy (non-hydrogen) atoms. The first-order valence-electron chi connectivity index (χ1n) is 12.3. The summed E-state index contributed by atoms with van der Waals surface area (Å²) >= 11 is 0. The van der Waals surface area contributed by atoms with Gasteiger partial charge < -0.3 is 10.0 Å². The van der Waals surface area contributed by atoms with Gasteiger partial charge in [0.05, 0.1) is 12.4 Å². The summed E-state index contributed by atoms with van der Waals surface area (Å²) in [6, 6.07) is 9.86. The molecule has 1 aliphatic carbocycles. The third kappa shape index (κ3) is 4.63. The van der Waals surface area contributed by atoms with Crippen LogP contribution in [-0.2, 0) is 23.9 Å². The molecule has 2 aliphatic rings. The minimum absolute atomic E-state index is 0.0375. The minimum atomic E-state index is -5.09. The summed E-state index contributed by atoms with van der Waals surface area (Å²) in [5.74, 6) is -2.24. The van der Waals surface area contributed by atoms with E-state index in [0.29, 0.717) is 38.3 Å². The Bertz CT molecular complexity index is 1420. The number of aromatic carboxylic acids is 1. The van der Waals surface area contributed by atoms with Crippen LogP contribution in [0.4, 0.5) is 22.0 Å². The van der Waals surface area contributed by atoms with E-state index in [1.165, 1.54) is 24.3 Å². The van der Waals surface area contributed by atoms with E-state index < -0.39 is 40.5 Å². The van der Waals surface area contributed by atoms with Crippen LogP contribution in [0.15, 0.2) is 54.9 Å². The lowest BCUT2D eigenvalue weighted by Gasteiger charge is -2.41. The molecule has 204 valence electrons. The van der Waals surface area contributed by atoms with Crippen molar-refractivity contribution >= 4 is 11.9 Å². The topological polar surface area (TPSA) is 83.4 Å². The van der Waals surface area contributed by atoms with Crippen LogP contribution in [0, 0.1) is 11.7 Å². The maximum absolute atomic E-state index is 14.8. The number of fused-ring (bicyclic) bond motifs is 3. The van der Waals surface area contributed by atoms with Crippen molar-refractivity contribution in [3.8, 4) is 0 Å². The van der Waals surface area contributed by atoms with E-state index in [2.05, 4.69) is 9.97 Å². The molecule has 0 bridgehead atoms. The van der Waals surface area contributed by atoms with Gasteiger partial charge in [-0.1, -0.05) is 30.3 Å². The monoisotopic (exact) mass is 545 g/mol. The fraction of sp³-hybridized carbons (Fsp3) is 0.357. The number of carboxylic acid groups (broad SMARTS) is 1. The molecule has 3 aromatic rings. The minimum Gasteiger partial charge on any atom is -0.476 e. The number of rotatable bonds is 5. The summed E-state index contributed by atoms with van der Waals surface area (Å²) in [7, 11) is 0. The first kappa shape index (κ1) is 26.7. The Morgan fingerprint density at radius 2 is 1.72 bits per heavy atom. The van der Waals surface area contributed by atoms with Crippen LogP contribution in [0.2, 0.25) is 0 Å². The highest BCUT2D eigenvalue weighted by molar-refractivity contribution is 5.93. The van der Waals surface area contributed by atoms with Crippen LogP contribution in [0.3, 0.4) is 0 Å². The summed E-state index contributed by atoms with van der Waals surface area (Å²) < 4.78 is 68.8. The van der Waals surface area contributed by atoms with E-state index in [9.17, 15) is 31.5 Å². The Kier molecular flexibility index (Phi) is 6.43. The number of halogens is 5. The number of hydrogen-bond acceptors (Lipinski definition) is 4. The van der Waals surface area contributed by atoms with Gasteiger partial charge in [0, 0.05) is 18.5 Å². The molecule has 5 rings (SSSR count). The predicted octanol–water partition coefficient (Wildman–Crippen LogP) is 5.26. The largest absolute Gasteiger partial charge is 0.476 e. The smallest absolute Gasteiger partial charge is 0.426 e. The molecule has 1 amide bonds. The maximum atomic E-state index is 14.8. The number of carbonyl (C=O) groups is 2. The van der Waals surface area contributed by atoms with Gasteiger partial charge in [-0.25, -0.2) is 23.5 Å². The molecule has 6 nitrogen and oxygen atoms in total.